The van der Waals surface area contributed by atoms with E-state index in [-0.39, 0.29) is 11.9 Å². The Morgan fingerprint density at radius 2 is 1.94 bits per heavy atom. The van der Waals surface area contributed by atoms with Crippen LogP contribution >= 0.6 is 0 Å². The van der Waals surface area contributed by atoms with E-state index in [0.717, 1.165) is 18.4 Å². The summed E-state index contributed by atoms with van der Waals surface area (Å²) >= 11 is 0. The van der Waals surface area contributed by atoms with E-state index in [4.69, 9.17) is 9.78 Å². The summed E-state index contributed by atoms with van der Waals surface area (Å²) in [5.74, 6) is 0.743. The van der Waals surface area contributed by atoms with Crippen LogP contribution in [-0.2, 0) is 0 Å². The predicted octanol–water partition coefficient (Wildman–Crippen LogP) is 3.34. The number of carbonyl (C=O) groups excluding carboxylic acids is 1. The molecular formula is C23H19N7O2. The minimum absolute atomic E-state index is 0.00356. The van der Waals surface area contributed by atoms with Crippen LogP contribution in [0.3, 0.4) is 0 Å². The fourth-order valence-corrected chi connectivity index (χ4v) is 3.81. The van der Waals surface area contributed by atoms with Crippen molar-refractivity contribution in [3.63, 3.8) is 0 Å². The molecule has 1 fully saturated rings. The highest BCUT2D eigenvalue weighted by Crippen LogP contribution is 2.25. The fraction of sp³-hybridized carbons (Fsp3) is 0.217. The number of nitrogens with zero attached hydrogens (tertiary/aromatic N) is 7. The molecule has 32 heavy (non-hydrogen) atoms. The Morgan fingerprint density at radius 1 is 1.12 bits per heavy atom. The number of aromatic nitrogens is 5. The van der Waals surface area contributed by atoms with Gasteiger partial charge in [-0.2, -0.15) is 10.2 Å². The zero-order valence-corrected chi connectivity index (χ0v) is 17.1. The maximum atomic E-state index is 12.9. The molecule has 158 valence electrons. The maximum absolute atomic E-state index is 12.9. The normalized spacial score (nSPS) is 16.0. The number of hydrogen-bond donors (Lipinski definition) is 0. The number of amides is 1. The molecule has 5 rings (SSSR count). The molecule has 9 nitrogen and oxygen atoms in total. The first-order valence-electron chi connectivity index (χ1n) is 10.3. The summed E-state index contributed by atoms with van der Waals surface area (Å²) in [4.78, 5) is 19.1. The first-order valence-corrected chi connectivity index (χ1v) is 10.3. The lowest BCUT2D eigenvalue weighted by Crippen LogP contribution is -2.40. The first-order chi connectivity index (χ1) is 15.7. The molecule has 0 spiro atoms. The molecule has 0 saturated carbocycles. The Labute approximate surface area is 183 Å². The molecule has 9 heteroatoms. The smallest absolute Gasteiger partial charge is 0.280 e. The third-order valence-corrected chi connectivity index (χ3v) is 5.51. The number of piperidine rings is 1. The van der Waals surface area contributed by atoms with E-state index in [9.17, 15) is 4.79 Å². The lowest BCUT2D eigenvalue weighted by atomic mass is 10.0. The molecule has 1 saturated heterocycles. The van der Waals surface area contributed by atoms with Crippen LogP contribution in [0.15, 0.2) is 65.3 Å². The van der Waals surface area contributed by atoms with Crippen LogP contribution in [0.1, 0.15) is 34.8 Å². The van der Waals surface area contributed by atoms with Gasteiger partial charge in [0.05, 0.1) is 23.9 Å². The van der Waals surface area contributed by atoms with Crippen molar-refractivity contribution in [1.29, 1.82) is 5.26 Å². The van der Waals surface area contributed by atoms with Gasteiger partial charge in [-0.15, -0.1) is 5.10 Å². The van der Waals surface area contributed by atoms with Gasteiger partial charge >= 0.3 is 0 Å². The van der Waals surface area contributed by atoms with Crippen molar-refractivity contribution in [2.45, 2.75) is 18.9 Å². The van der Waals surface area contributed by atoms with Gasteiger partial charge in [0.1, 0.15) is 0 Å². The second-order valence-corrected chi connectivity index (χ2v) is 7.61. The van der Waals surface area contributed by atoms with Crippen LogP contribution in [0, 0.1) is 11.3 Å². The largest absolute Gasteiger partial charge is 0.337 e. The Balaban J connectivity index is 1.30. The molecule has 1 atom stereocenters. The molecule has 4 aromatic rings. The Kier molecular flexibility index (Phi) is 5.17. The van der Waals surface area contributed by atoms with Crippen LogP contribution in [0.5, 0.6) is 0 Å². The number of hydrogen-bond acceptors (Lipinski definition) is 7. The molecule has 0 radical (unpaired) electrons. The number of nitriles is 1. The van der Waals surface area contributed by atoms with Crippen molar-refractivity contribution in [2.75, 3.05) is 13.1 Å². The molecule has 2 aromatic heterocycles. The van der Waals surface area contributed by atoms with Crippen LogP contribution in [0.25, 0.3) is 23.0 Å². The highest BCUT2D eigenvalue weighted by Gasteiger charge is 2.27. The van der Waals surface area contributed by atoms with Gasteiger partial charge in [0.15, 0.2) is 5.69 Å². The van der Waals surface area contributed by atoms with Crippen LogP contribution < -0.4 is 0 Å². The fourth-order valence-electron chi connectivity index (χ4n) is 3.81. The number of benzene rings is 2. The summed E-state index contributed by atoms with van der Waals surface area (Å²) in [6.45, 7) is 1.21. The number of rotatable bonds is 4. The number of likely N-dealkylation sites (tertiary alicyclic amines) is 1. The minimum atomic E-state index is -0.0519. The second kappa shape index (κ2) is 8.43. The number of carbonyl (C=O) groups is 1. The van der Waals surface area contributed by atoms with Crippen molar-refractivity contribution < 1.29 is 9.32 Å². The van der Waals surface area contributed by atoms with Gasteiger partial charge < -0.3 is 9.42 Å². The Morgan fingerprint density at radius 3 is 2.72 bits per heavy atom. The summed E-state index contributed by atoms with van der Waals surface area (Å²) in [7, 11) is 0. The summed E-state index contributed by atoms with van der Waals surface area (Å²) in [6, 6.07) is 18.3. The average molecular weight is 425 g/mol. The van der Waals surface area contributed by atoms with E-state index in [1.165, 1.54) is 0 Å². The molecule has 3 heterocycles. The third kappa shape index (κ3) is 3.86. The van der Waals surface area contributed by atoms with Crippen LogP contribution in [0.2, 0.25) is 0 Å². The Hall–Kier alpha value is -4.32. The van der Waals surface area contributed by atoms with Crippen molar-refractivity contribution in [2.24, 2.45) is 0 Å². The lowest BCUT2D eigenvalue weighted by molar-refractivity contribution is 0.0672. The summed E-state index contributed by atoms with van der Waals surface area (Å²) in [5.41, 5.74) is 2.46. The predicted molar refractivity (Wildman–Crippen MR) is 114 cm³/mol. The highest BCUT2D eigenvalue weighted by atomic mass is 16.5. The van der Waals surface area contributed by atoms with E-state index in [2.05, 4.69) is 26.5 Å². The van der Waals surface area contributed by atoms with Crippen molar-refractivity contribution in [3.05, 3.63) is 71.9 Å². The second-order valence-electron chi connectivity index (χ2n) is 7.61. The minimum Gasteiger partial charge on any atom is -0.337 e. The maximum Gasteiger partial charge on any atom is 0.280 e. The van der Waals surface area contributed by atoms with E-state index in [0.29, 0.717) is 41.6 Å². The SMILES string of the molecule is N#Cc1ccc(C(=O)N2CCCC(n3cc(-c4nc(-c5ccccc5)no4)nn3)C2)cc1. The van der Waals surface area contributed by atoms with Crippen molar-refractivity contribution >= 4 is 5.91 Å². The molecular weight excluding hydrogens is 406 g/mol. The molecule has 1 amide bonds. The average Bonchev–Trinajstić information content (AvgIpc) is 3.54. The van der Waals surface area contributed by atoms with Gasteiger partial charge in [0.25, 0.3) is 11.8 Å². The van der Waals surface area contributed by atoms with Crippen molar-refractivity contribution in [1.82, 2.24) is 30.0 Å². The zero-order chi connectivity index (χ0) is 21.9. The Bertz CT molecular complexity index is 1270. The molecule has 0 bridgehead atoms. The van der Waals surface area contributed by atoms with Gasteiger partial charge in [0, 0.05) is 24.2 Å². The molecule has 0 N–H and O–H groups in total. The van der Waals surface area contributed by atoms with E-state index < -0.39 is 0 Å². The van der Waals surface area contributed by atoms with Gasteiger partial charge in [0.2, 0.25) is 5.82 Å². The monoisotopic (exact) mass is 425 g/mol. The van der Waals surface area contributed by atoms with Crippen LogP contribution in [-0.4, -0.2) is 49.0 Å². The van der Waals surface area contributed by atoms with E-state index >= 15 is 0 Å². The summed E-state index contributed by atoms with van der Waals surface area (Å²) in [6.07, 6.45) is 3.53. The van der Waals surface area contributed by atoms with E-state index in [1.807, 2.05) is 35.2 Å². The zero-order valence-electron chi connectivity index (χ0n) is 17.1. The summed E-state index contributed by atoms with van der Waals surface area (Å²) < 4.78 is 7.14. The quantitative estimate of drug-likeness (QED) is 0.492. The molecule has 1 unspecified atom stereocenters. The van der Waals surface area contributed by atoms with Crippen molar-refractivity contribution in [3.8, 4) is 29.0 Å². The summed E-state index contributed by atoms with van der Waals surface area (Å²) in [5, 5.41) is 21.4. The van der Waals surface area contributed by atoms with E-state index in [1.54, 1.807) is 35.1 Å². The van der Waals surface area contributed by atoms with Crippen LogP contribution in [0.4, 0.5) is 0 Å². The standard InChI is InChI=1S/C23H19N7O2/c24-13-16-8-10-18(11-9-16)23(31)29-12-4-7-19(14-29)30-15-20(26-28-30)22-25-21(27-32-22)17-5-2-1-3-6-17/h1-3,5-6,8-11,15,19H,4,7,12,14H2. The molecule has 1 aliphatic rings. The first kappa shape index (κ1) is 19.6. The molecule has 2 aromatic carbocycles. The third-order valence-electron chi connectivity index (χ3n) is 5.51. The molecule has 0 aliphatic carbocycles. The highest BCUT2D eigenvalue weighted by molar-refractivity contribution is 5.94. The van der Waals surface area contributed by atoms with Gasteiger partial charge in [-0.3, -0.25) is 4.79 Å². The molecule has 1 aliphatic heterocycles. The topological polar surface area (TPSA) is 114 Å². The van der Waals surface area contributed by atoms with Gasteiger partial charge in [-0.25, -0.2) is 4.68 Å². The van der Waals surface area contributed by atoms with Gasteiger partial charge in [-0.05, 0) is 37.1 Å². The van der Waals surface area contributed by atoms with Gasteiger partial charge in [-0.1, -0.05) is 40.7 Å². The lowest BCUT2D eigenvalue weighted by Gasteiger charge is -2.32.